The van der Waals surface area contributed by atoms with Crippen LogP contribution in [0, 0.1) is 11.7 Å². The second-order valence-electron chi connectivity index (χ2n) is 6.76. The molecule has 8 heteroatoms. The average molecular weight is 379 g/mol. The highest BCUT2D eigenvalue weighted by Gasteiger charge is 2.32. The zero-order valence-electron chi connectivity index (χ0n) is 15.4. The van der Waals surface area contributed by atoms with Crippen LogP contribution >= 0.6 is 0 Å². The predicted octanol–water partition coefficient (Wildman–Crippen LogP) is 2.12. The molecule has 1 unspecified atom stereocenters. The van der Waals surface area contributed by atoms with Crippen LogP contribution in [0.5, 0.6) is 0 Å². The van der Waals surface area contributed by atoms with E-state index in [2.05, 4.69) is 10.6 Å². The number of carboxylic acids is 1. The van der Waals surface area contributed by atoms with E-state index in [0.29, 0.717) is 32.2 Å². The molecule has 1 saturated heterocycles. The number of halogens is 1. The molecule has 1 aromatic rings. The number of carboxylic acid groups (broad SMARTS) is 1. The quantitative estimate of drug-likeness (QED) is 0.676. The van der Waals surface area contributed by atoms with E-state index in [0.717, 1.165) is 5.56 Å². The number of rotatable bonds is 7. The van der Waals surface area contributed by atoms with Crippen LogP contribution < -0.4 is 10.6 Å². The Balaban J connectivity index is 1.90. The van der Waals surface area contributed by atoms with Crippen molar-refractivity contribution < 1.29 is 23.9 Å². The Morgan fingerprint density at radius 1 is 1.30 bits per heavy atom. The van der Waals surface area contributed by atoms with Gasteiger partial charge in [0.1, 0.15) is 11.9 Å². The lowest BCUT2D eigenvalue weighted by molar-refractivity contribution is -0.146. The van der Waals surface area contributed by atoms with Crippen molar-refractivity contribution in [3.63, 3.8) is 0 Å². The van der Waals surface area contributed by atoms with Crippen molar-refractivity contribution in [2.24, 2.45) is 5.92 Å². The first-order chi connectivity index (χ1) is 12.9. The van der Waals surface area contributed by atoms with Crippen LogP contribution in [0.4, 0.5) is 9.18 Å². The van der Waals surface area contributed by atoms with Crippen molar-refractivity contribution >= 4 is 17.9 Å². The predicted molar refractivity (Wildman–Crippen MR) is 97.4 cm³/mol. The molecule has 0 aliphatic carbocycles. The summed E-state index contributed by atoms with van der Waals surface area (Å²) in [6.07, 6.45) is 2.36. The van der Waals surface area contributed by atoms with E-state index < -0.39 is 24.0 Å². The Kier molecular flexibility index (Phi) is 7.57. The van der Waals surface area contributed by atoms with Gasteiger partial charge in [-0.3, -0.25) is 9.59 Å². The maximum absolute atomic E-state index is 12.9. The molecule has 2 rings (SSSR count). The summed E-state index contributed by atoms with van der Waals surface area (Å²) in [7, 11) is 0. The summed E-state index contributed by atoms with van der Waals surface area (Å²) in [4.78, 5) is 37.6. The van der Waals surface area contributed by atoms with Gasteiger partial charge in [-0.15, -0.1) is 0 Å². The smallest absolute Gasteiger partial charge is 0.315 e. The maximum Gasteiger partial charge on any atom is 0.315 e. The number of amides is 3. The van der Waals surface area contributed by atoms with Crippen LogP contribution in [0.25, 0.3) is 0 Å². The summed E-state index contributed by atoms with van der Waals surface area (Å²) >= 11 is 0. The zero-order chi connectivity index (χ0) is 19.8. The molecule has 7 nitrogen and oxygen atoms in total. The number of nitrogens with zero attached hydrogens (tertiary/aromatic N) is 1. The number of likely N-dealkylation sites (tertiary alicyclic amines) is 1. The first-order valence-corrected chi connectivity index (χ1v) is 9.21. The summed E-state index contributed by atoms with van der Waals surface area (Å²) in [5.74, 6) is -2.06. The SMILES string of the molecule is CCCC(NC(=O)NCc1ccc(F)cc1)C(=O)N1CCC[C@H](C(=O)O)C1. The molecular formula is C19H26FN3O4. The molecule has 1 aliphatic heterocycles. The highest BCUT2D eigenvalue weighted by Crippen LogP contribution is 2.18. The first kappa shape index (κ1) is 20.7. The third-order valence-electron chi connectivity index (χ3n) is 4.63. The van der Waals surface area contributed by atoms with Crippen LogP contribution in [0.1, 0.15) is 38.2 Å². The average Bonchev–Trinajstić information content (AvgIpc) is 2.66. The third kappa shape index (κ3) is 6.23. The molecule has 2 atom stereocenters. The van der Waals surface area contributed by atoms with Crippen LogP contribution in [0.3, 0.4) is 0 Å². The zero-order valence-corrected chi connectivity index (χ0v) is 15.4. The summed E-state index contributed by atoms with van der Waals surface area (Å²) in [5.41, 5.74) is 0.741. The number of hydrogen-bond donors (Lipinski definition) is 3. The van der Waals surface area contributed by atoms with Gasteiger partial charge in [-0.25, -0.2) is 9.18 Å². The number of benzene rings is 1. The molecule has 0 bridgehead atoms. The fourth-order valence-electron chi connectivity index (χ4n) is 3.14. The van der Waals surface area contributed by atoms with E-state index in [4.69, 9.17) is 0 Å². The molecule has 1 aromatic carbocycles. The highest BCUT2D eigenvalue weighted by atomic mass is 19.1. The highest BCUT2D eigenvalue weighted by molar-refractivity contribution is 5.87. The van der Waals surface area contributed by atoms with Gasteiger partial charge in [0, 0.05) is 19.6 Å². The van der Waals surface area contributed by atoms with Crippen LogP contribution in [-0.2, 0) is 16.1 Å². The third-order valence-corrected chi connectivity index (χ3v) is 4.63. The van der Waals surface area contributed by atoms with E-state index in [1.54, 1.807) is 12.1 Å². The fraction of sp³-hybridized carbons (Fsp3) is 0.526. The number of nitrogens with one attached hydrogen (secondary N) is 2. The molecule has 27 heavy (non-hydrogen) atoms. The molecule has 1 fully saturated rings. The van der Waals surface area contributed by atoms with Gasteiger partial charge >= 0.3 is 12.0 Å². The van der Waals surface area contributed by atoms with Gasteiger partial charge in [-0.2, -0.15) is 0 Å². The van der Waals surface area contributed by atoms with Gasteiger partial charge in [0.2, 0.25) is 5.91 Å². The molecule has 1 heterocycles. The Bertz CT molecular complexity index is 665. The minimum atomic E-state index is -0.899. The Morgan fingerprint density at radius 3 is 2.63 bits per heavy atom. The van der Waals surface area contributed by atoms with E-state index in [-0.39, 0.29) is 24.8 Å². The van der Waals surface area contributed by atoms with Crippen LogP contribution in [-0.4, -0.2) is 47.0 Å². The number of urea groups is 1. The lowest BCUT2D eigenvalue weighted by atomic mass is 9.97. The van der Waals surface area contributed by atoms with Crippen molar-refractivity contribution in [2.45, 2.75) is 45.2 Å². The molecule has 0 radical (unpaired) electrons. The van der Waals surface area contributed by atoms with Crippen molar-refractivity contribution in [3.05, 3.63) is 35.6 Å². The molecule has 0 spiro atoms. The number of aliphatic carboxylic acids is 1. The van der Waals surface area contributed by atoms with Gasteiger partial charge in [0.15, 0.2) is 0 Å². The Labute approximate surface area is 157 Å². The maximum atomic E-state index is 12.9. The lowest BCUT2D eigenvalue weighted by Gasteiger charge is -2.33. The van der Waals surface area contributed by atoms with Crippen molar-refractivity contribution in [3.8, 4) is 0 Å². The molecule has 148 valence electrons. The summed E-state index contributed by atoms with van der Waals surface area (Å²) in [6, 6.07) is 4.59. The van der Waals surface area contributed by atoms with Crippen LogP contribution in [0.2, 0.25) is 0 Å². The van der Waals surface area contributed by atoms with E-state index in [1.807, 2.05) is 6.92 Å². The minimum absolute atomic E-state index is 0.174. The Morgan fingerprint density at radius 2 is 2.00 bits per heavy atom. The van der Waals surface area contributed by atoms with Gasteiger partial charge in [0.05, 0.1) is 5.92 Å². The molecular weight excluding hydrogens is 353 g/mol. The number of carbonyl (C=O) groups excluding carboxylic acids is 2. The summed E-state index contributed by atoms with van der Waals surface area (Å²) in [6.45, 7) is 2.80. The van der Waals surface area contributed by atoms with Crippen molar-refractivity contribution in [1.29, 1.82) is 0 Å². The number of hydrogen-bond acceptors (Lipinski definition) is 3. The number of piperidine rings is 1. The van der Waals surface area contributed by atoms with E-state index in [9.17, 15) is 23.9 Å². The fourth-order valence-corrected chi connectivity index (χ4v) is 3.14. The standard InChI is InChI=1S/C19H26FN3O4/c1-2-4-16(17(24)23-10-3-5-14(12-23)18(25)26)22-19(27)21-11-13-6-8-15(20)9-7-13/h6-9,14,16H,2-5,10-12H2,1H3,(H,25,26)(H2,21,22,27)/t14-,16?/m0/s1. The van der Waals surface area contributed by atoms with Crippen molar-refractivity contribution in [2.75, 3.05) is 13.1 Å². The van der Waals surface area contributed by atoms with Gasteiger partial charge < -0.3 is 20.6 Å². The summed E-state index contributed by atoms with van der Waals surface area (Å²) < 4.78 is 12.9. The minimum Gasteiger partial charge on any atom is -0.481 e. The topological polar surface area (TPSA) is 98.7 Å². The second-order valence-corrected chi connectivity index (χ2v) is 6.76. The first-order valence-electron chi connectivity index (χ1n) is 9.21. The Hall–Kier alpha value is -2.64. The number of carbonyl (C=O) groups is 3. The second kappa shape index (κ2) is 9.89. The molecule has 3 amide bonds. The molecule has 1 aliphatic rings. The van der Waals surface area contributed by atoms with Gasteiger partial charge in [-0.1, -0.05) is 25.5 Å². The van der Waals surface area contributed by atoms with Gasteiger partial charge in [-0.05, 0) is 37.0 Å². The molecule has 0 aromatic heterocycles. The molecule has 0 saturated carbocycles. The molecule has 3 N–H and O–H groups in total. The lowest BCUT2D eigenvalue weighted by Crippen LogP contribution is -2.53. The normalized spacial score (nSPS) is 17.9. The van der Waals surface area contributed by atoms with Gasteiger partial charge in [0.25, 0.3) is 0 Å². The largest absolute Gasteiger partial charge is 0.481 e. The van der Waals surface area contributed by atoms with E-state index >= 15 is 0 Å². The van der Waals surface area contributed by atoms with E-state index in [1.165, 1.54) is 17.0 Å². The summed E-state index contributed by atoms with van der Waals surface area (Å²) in [5, 5.41) is 14.5. The van der Waals surface area contributed by atoms with Crippen LogP contribution in [0.15, 0.2) is 24.3 Å². The monoisotopic (exact) mass is 379 g/mol. The van der Waals surface area contributed by atoms with Crippen molar-refractivity contribution in [1.82, 2.24) is 15.5 Å².